The highest BCUT2D eigenvalue weighted by Crippen LogP contribution is 2.32. The van der Waals surface area contributed by atoms with E-state index in [9.17, 15) is 14.4 Å². The number of aromatic nitrogens is 1. The topological polar surface area (TPSA) is 108 Å². The number of esters is 1. The number of hydrogen-bond acceptors (Lipinski definition) is 8. The van der Waals surface area contributed by atoms with Crippen LogP contribution in [0.5, 0.6) is 11.5 Å². The van der Waals surface area contributed by atoms with E-state index in [0.717, 1.165) is 12.7 Å². The van der Waals surface area contributed by atoms with Gasteiger partial charge in [0.1, 0.15) is 11.5 Å². The molecule has 0 spiro atoms. The molecule has 0 saturated carbocycles. The molecule has 232 valence electrons. The third-order valence-corrected chi connectivity index (χ3v) is 9.18. The minimum absolute atomic E-state index is 0.250. The summed E-state index contributed by atoms with van der Waals surface area (Å²) in [6, 6.07) is 19.6. The van der Waals surface area contributed by atoms with Gasteiger partial charge in [-0.15, -0.1) is 0 Å². The fraction of sp³-hybridized carbons (Fsp3) is 0.212. The Morgan fingerprint density at radius 1 is 1.02 bits per heavy atom. The van der Waals surface area contributed by atoms with E-state index in [1.807, 2.05) is 61.5 Å². The molecule has 3 aromatic carbocycles. The van der Waals surface area contributed by atoms with Crippen LogP contribution < -0.4 is 29.7 Å². The van der Waals surface area contributed by atoms with Gasteiger partial charge in [-0.2, -0.15) is 0 Å². The molecule has 9 nitrogen and oxygen atoms in total. The first-order chi connectivity index (χ1) is 21.7. The Kier molecular flexibility index (Phi) is 10.8. The van der Waals surface area contributed by atoms with Gasteiger partial charge in [0.15, 0.2) is 11.4 Å². The Balaban J connectivity index is 1.64. The van der Waals surface area contributed by atoms with Crippen LogP contribution in [0.4, 0.5) is 5.69 Å². The number of carbonyl (C=O) groups is 2. The number of para-hydroxylation sites is 1. The smallest absolute Gasteiger partial charge is 0.344 e. The second kappa shape index (κ2) is 14.7. The Hall–Kier alpha value is -3.50. The molecule has 1 N–H and O–H groups in total. The lowest BCUT2D eigenvalue weighted by Gasteiger charge is -2.25. The normalized spacial score (nSPS) is 14.4. The van der Waals surface area contributed by atoms with Gasteiger partial charge in [0.25, 0.3) is 11.5 Å². The average Bonchev–Trinajstić information content (AvgIpc) is 3.31. The van der Waals surface area contributed by atoms with Crippen LogP contribution in [-0.2, 0) is 14.3 Å². The maximum atomic E-state index is 14.2. The van der Waals surface area contributed by atoms with E-state index in [1.165, 1.54) is 11.3 Å². The van der Waals surface area contributed by atoms with Crippen LogP contribution in [0, 0.1) is 7.14 Å². The van der Waals surface area contributed by atoms with E-state index in [0.29, 0.717) is 50.0 Å². The summed E-state index contributed by atoms with van der Waals surface area (Å²) in [7, 11) is 0. The Bertz CT molecular complexity index is 1950. The van der Waals surface area contributed by atoms with Crippen LogP contribution in [0.3, 0.4) is 0 Å². The molecular formula is C33H29I2N3O6S. The van der Waals surface area contributed by atoms with E-state index < -0.39 is 12.0 Å². The highest BCUT2D eigenvalue weighted by atomic mass is 127. The van der Waals surface area contributed by atoms with Gasteiger partial charge in [-0.3, -0.25) is 14.2 Å². The van der Waals surface area contributed by atoms with Crippen molar-refractivity contribution in [1.29, 1.82) is 0 Å². The highest BCUT2D eigenvalue weighted by Gasteiger charge is 2.32. The number of nitrogens with one attached hydrogen (secondary N) is 1. The van der Waals surface area contributed by atoms with Gasteiger partial charge in [-0.05, 0) is 114 Å². The van der Waals surface area contributed by atoms with Crippen molar-refractivity contribution in [3.05, 3.63) is 116 Å². The summed E-state index contributed by atoms with van der Waals surface area (Å²) in [5.41, 5.74) is 2.58. The first-order valence-corrected chi connectivity index (χ1v) is 17.1. The molecule has 1 aromatic heterocycles. The molecule has 0 radical (unpaired) electrons. The Morgan fingerprint density at radius 3 is 2.44 bits per heavy atom. The molecule has 2 heterocycles. The summed E-state index contributed by atoms with van der Waals surface area (Å²) in [6.07, 6.45) is 1.74. The number of thiazole rings is 1. The quantitative estimate of drug-likeness (QED) is 0.169. The van der Waals surface area contributed by atoms with Gasteiger partial charge in [0.2, 0.25) is 0 Å². The number of allylic oxidation sites excluding steroid dienone is 1. The number of hydrogen-bond donors (Lipinski definition) is 1. The molecule has 1 aliphatic rings. The molecule has 5 rings (SSSR count). The summed E-state index contributed by atoms with van der Waals surface area (Å²) >= 11 is 5.57. The fourth-order valence-corrected chi connectivity index (χ4v) is 7.96. The number of nitrogens with zero attached hydrogens (tertiary/aromatic N) is 2. The van der Waals surface area contributed by atoms with Crippen molar-refractivity contribution < 1.29 is 23.8 Å². The van der Waals surface area contributed by atoms with E-state index in [2.05, 4.69) is 50.5 Å². The van der Waals surface area contributed by atoms with E-state index in [-0.39, 0.29) is 24.7 Å². The van der Waals surface area contributed by atoms with Crippen LogP contribution in [0.25, 0.3) is 6.08 Å². The van der Waals surface area contributed by atoms with Crippen molar-refractivity contribution in [3.63, 3.8) is 0 Å². The molecular weight excluding hydrogens is 820 g/mol. The molecule has 1 amide bonds. The van der Waals surface area contributed by atoms with Gasteiger partial charge in [0.05, 0.1) is 38.6 Å². The number of anilines is 1. The minimum atomic E-state index is -0.738. The SMILES string of the molecule is CCOC(=O)COc1c(I)cc(I)cc1/C=c1\sc2n(c1=O)[C@@H](c1ccc(OCC)cc1)C(C(=O)Nc1ccccc1)=C(C)N=2. The van der Waals surface area contributed by atoms with Gasteiger partial charge in [-0.25, -0.2) is 9.79 Å². The molecule has 45 heavy (non-hydrogen) atoms. The number of halogens is 2. The second-order valence-corrected chi connectivity index (χ2v) is 13.2. The Morgan fingerprint density at radius 2 is 1.76 bits per heavy atom. The molecule has 12 heteroatoms. The predicted octanol–water partition coefficient (Wildman–Crippen LogP) is 5.42. The molecule has 4 aromatic rings. The summed E-state index contributed by atoms with van der Waals surface area (Å²) < 4.78 is 20.2. The maximum absolute atomic E-state index is 14.2. The molecule has 0 bridgehead atoms. The van der Waals surface area contributed by atoms with Crippen molar-refractivity contribution in [2.75, 3.05) is 25.1 Å². The summed E-state index contributed by atoms with van der Waals surface area (Å²) in [5, 5.41) is 2.97. The lowest BCUT2D eigenvalue weighted by molar-refractivity contribution is -0.145. The van der Waals surface area contributed by atoms with E-state index in [1.54, 1.807) is 36.6 Å². The van der Waals surface area contributed by atoms with Crippen molar-refractivity contribution in [1.82, 2.24) is 4.57 Å². The fourth-order valence-electron chi connectivity index (χ4n) is 4.87. The molecule has 1 atom stereocenters. The molecule has 0 fully saturated rings. The standard InChI is InChI=1S/C33H29I2N3O6S/c1-4-42-24-13-11-20(12-14-24)29-28(31(40)37-23-9-7-6-8-10-23)19(3)36-33-38(29)32(41)26(45-33)16-21-15-22(34)17-25(35)30(21)44-18-27(39)43-5-2/h6-17,29H,4-5,18H2,1-3H3,(H,37,40)/b26-16-/t29-/m0/s1. The lowest BCUT2D eigenvalue weighted by atomic mass is 9.95. The zero-order valence-corrected chi connectivity index (χ0v) is 29.8. The van der Waals surface area contributed by atoms with E-state index in [4.69, 9.17) is 19.2 Å². The first-order valence-electron chi connectivity index (χ1n) is 14.1. The van der Waals surface area contributed by atoms with Gasteiger partial charge >= 0.3 is 5.97 Å². The maximum Gasteiger partial charge on any atom is 0.344 e. The third kappa shape index (κ3) is 7.49. The molecule has 0 unspecified atom stereocenters. The van der Waals surface area contributed by atoms with Gasteiger partial charge in [0, 0.05) is 14.8 Å². The summed E-state index contributed by atoms with van der Waals surface area (Å²) in [5.74, 6) is 0.326. The number of benzene rings is 3. The van der Waals surface area contributed by atoms with E-state index >= 15 is 0 Å². The van der Waals surface area contributed by atoms with Crippen molar-refractivity contribution >= 4 is 80.2 Å². The molecule has 0 saturated heterocycles. The number of ether oxygens (including phenoxy) is 3. The van der Waals surface area contributed by atoms with Crippen LogP contribution >= 0.6 is 56.5 Å². The van der Waals surface area contributed by atoms with Crippen LogP contribution in [0.1, 0.15) is 37.9 Å². The van der Waals surface area contributed by atoms with Crippen LogP contribution in [-0.4, -0.2) is 36.3 Å². The van der Waals surface area contributed by atoms with Crippen LogP contribution in [0.2, 0.25) is 0 Å². The largest absolute Gasteiger partial charge is 0.494 e. The summed E-state index contributed by atoms with van der Waals surface area (Å²) in [4.78, 5) is 45.3. The number of carbonyl (C=O) groups excluding carboxylic acids is 2. The number of rotatable bonds is 10. The minimum Gasteiger partial charge on any atom is -0.494 e. The Labute approximate surface area is 290 Å². The second-order valence-electron chi connectivity index (χ2n) is 9.80. The number of amides is 1. The third-order valence-electron chi connectivity index (χ3n) is 6.77. The number of fused-ring (bicyclic) bond motifs is 1. The van der Waals surface area contributed by atoms with Crippen LogP contribution in [0.15, 0.2) is 87.8 Å². The lowest BCUT2D eigenvalue weighted by Crippen LogP contribution is -2.40. The van der Waals surface area contributed by atoms with Gasteiger partial charge < -0.3 is 19.5 Å². The predicted molar refractivity (Wildman–Crippen MR) is 190 cm³/mol. The van der Waals surface area contributed by atoms with Gasteiger partial charge in [-0.1, -0.05) is 41.7 Å². The molecule has 1 aliphatic heterocycles. The van der Waals surface area contributed by atoms with Crippen molar-refractivity contribution in [2.24, 2.45) is 4.99 Å². The highest BCUT2D eigenvalue weighted by molar-refractivity contribution is 14.1. The average molecular weight is 849 g/mol. The zero-order valence-electron chi connectivity index (χ0n) is 24.6. The zero-order chi connectivity index (χ0) is 32.1. The summed E-state index contributed by atoms with van der Waals surface area (Å²) in [6.45, 7) is 5.93. The van der Waals surface area contributed by atoms with Crippen molar-refractivity contribution in [2.45, 2.75) is 26.8 Å². The van der Waals surface area contributed by atoms with Crippen molar-refractivity contribution in [3.8, 4) is 11.5 Å². The monoisotopic (exact) mass is 849 g/mol. The molecule has 0 aliphatic carbocycles. The first kappa shape index (κ1) is 32.9.